The zero-order chi connectivity index (χ0) is 24.5. The summed E-state index contributed by atoms with van der Waals surface area (Å²) in [7, 11) is 0. The summed E-state index contributed by atoms with van der Waals surface area (Å²) in [5.41, 5.74) is -0.936. The maximum Gasteiger partial charge on any atom is 0.419 e. The maximum absolute atomic E-state index is 14.1. The van der Waals surface area contributed by atoms with E-state index in [2.05, 4.69) is 4.98 Å². The van der Waals surface area contributed by atoms with Gasteiger partial charge in [0.1, 0.15) is 11.6 Å². The molecule has 6 nitrogen and oxygen atoms in total. The third kappa shape index (κ3) is 5.11. The molecule has 0 radical (unpaired) electrons. The molecule has 182 valence electrons. The molecule has 34 heavy (non-hydrogen) atoms. The topological polar surface area (TPSA) is 56.8 Å². The Bertz CT molecular complexity index is 1070. The van der Waals surface area contributed by atoms with Gasteiger partial charge in [-0.2, -0.15) is 13.2 Å². The van der Waals surface area contributed by atoms with Gasteiger partial charge in [0.25, 0.3) is 5.91 Å². The lowest BCUT2D eigenvalue weighted by Gasteiger charge is -2.39. The molecule has 2 saturated heterocycles. The van der Waals surface area contributed by atoms with Crippen molar-refractivity contribution in [2.24, 2.45) is 5.92 Å². The molecule has 2 fully saturated rings. The smallest absolute Gasteiger partial charge is 0.355 e. The molecule has 3 heterocycles. The third-order valence-electron chi connectivity index (χ3n) is 6.20. The number of carbonyl (C=O) groups excluding carboxylic acids is 2. The second-order valence-corrected chi connectivity index (χ2v) is 8.84. The Hall–Kier alpha value is -2.88. The summed E-state index contributed by atoms with van der Waals surface area (Å²) in [6, 6.07) is 6.01. The van der Waals surface area contributed by atoms with Gasteiger partial charge in [0, 0.05) is 50.5 Å². The lowest BCUT2D eigenvalue weighted by molar-refractivity contribution is -0.137. The number of carbonyl (C=O) groups is 2. The van der Waals surface area contributed by atoms with Crippen molar-refractivity contribution in [2.45, 2.75) is 19.0 Å². The van der Waals surface area contributed by atoms with Crippen LogP contribution in [0.3, 0.4) is 0 Å². The number of halogens is 5. The van der Waals surface area contributed by atoms with Crippen molar-refractivity contribution in [1.29, 1.82) is 0 Å². The Morgan fingerprint density at radius 3 is 2.44 bits per heavy atom. The number of alkyl halides is 3. The van der Waals surface area contributed by atoms with Gasteiger partial charge in [-0.25, -0.2) is 9.37 Å². The van der Waals surface area contributed by atoms with Gasteiger partial charge < -0.3 is 14.7 Å². The predicted molar refractivity (Wildman–Crippen MR) is 118 cm³/mol. The minimum absolute atomic E-state index is 0.119. The summed E-state index contributed by atoms with van der Waals surface area (Å²) in [5.74, 6) is -1.94. The number of anilines is 1. The molecular weight excluding hydrogens is 476 g/mol. The fourth-order valence-electron chi connectivity index (χ4n) is 4.46. The first-order valence-electron chi connectivity index (χ1n) is 11.0. The van der Waals surface area contributed by atoms with Crippen LogP contribution in [0.1, 0.15) is 28.8 Å². The molecule has 0 aliphatic carbocycles. The van der Waals surface area contributed by atoms with Gasteiger partial charge in [-0.3, -0.25) is 9.59 Å². The molecule has 2 aromatic rings. The van der Waals surface area contributed by atoms with Gasteiger partial charge in [-0.1, -0.05) is 11.6 Å². The van der Waals surface area contributed by atoms with Crippen LogP contribution >= 0.6 is 11.6 Å². The first kappa shape index (κ1) is 24.3. The number of hydrogen-bond donors (Lipinski definition) is 0. The van der Waals surface area contributed by atoms with Crippen molar-refractivity contribution in [2.75, 3.05) is 44.2 Å². The van der Waals surface area contributed by atoms with Crippen LogP contribution in [0.5, 0.6) is 0 Å². The monoisotopic (exact) mass is 498 g/mol. The number of benzene rings is 1. The van der Waals surface area contributed by atoms with Crippen LogP contribution in [0.4, 0.5) is 23.4 Å². The summed E-state index contributed by atoms with van der Waals surface area (Å²) in [4.78, 5) is 34.4. The summed E-state index contributed by atoms with van der Waals surface area (Å²) >= 11 is 5.88. The molecule has 0 saturated carbocycles. The molecule has 1 aromatic carbocycles. The Kier molecular flexibility index (Phi) is 6.97. The number of aromatic nitrogens is 1. The van der Waals surface area contributed by atoms with Gasteiger partial charge in [0.05, 0.1) is 17.0 Å². The molecule has 0 bridgehead atoms. The fourth-order valence-corrected chi connectivity index (χ4v) is 4.63. The molecule has 0 spiro atoms. The highest BCUT2D eigenvalue weighted by atomic mass is 35.5. The summed E-state index contributed by atoms with van der Waals surface area (Å²) in [6.45, 7) is 1.52. The Morgan fingerprint density at radius 2 is 1.74 bits per heavy atom. The zero-order valence-electron chi connectivity index (χ0n) is 18.2. The standard InChI is InChI=1S/C23H23ClF4N4O2/c24-16-5-6-19(25)17(13-16)22(34)31-11-9-30(10-12-31)21(33)15-3-2-8-32(14-15)20-18(23(26,27)28)4-1-7-29-20/h1,4-7,13,15H,2-3,8-12,14H2. The number of piperidine rings is 1. The highest BCUT2D eigenvalue weighted by Crippen LogP contribution is 2.36. The van der Waals surface area contributed by atoms with E-state index in [0.29, 0.717) is 19.4 Å². The SMILES string of the molecule is O=C(c1cc(Cl)ccc1F)N1CCN(C(=O)C2CCCN(c3ncccc3C(F)(F)F)C2)CC1. The first-order valence-corrected chi connectivity index (χ1v) is 11.3. The largest absolute Gasteiger partial charge is 0.419 e. The van der Waals surface area contributed by atoms with Gasteiger partial charge in [-0.05, 0) is 43.2 Å². The maximum atomic E-state index is 14.1. The molecule has 2 amide bonds. The second kappa shape index (κ2) is 9.77. The predicted octanol–water partition coefficient (Wildman–Crippen LogP) is 4.09. The molecule has 2 aliphatic rings. The number of rotatable bonds is 3. The molecule has 1 unspecified atom stereocenters. The van der Waals surface area contributed by atoms with Crippen molar-refractivity contribution in [3.63, 3.8) is 0 Å². The van der Waals surface area contributed by atoms with E-state index >= 15 is 0 Å². The average molecular weight is 499 g/mol. The molecule has 1 aromatic heterocycles. The van der Waals surface area contributed by atoms with Crippen molar-refractivity contribution >= 4 is 29.2 Å². The molecule has 2 aliphatic heterocycles. The van der Waals surface area contributed by atoms with Gasteiger partial charge in [-0.15, -0.1) is 0 Å². The average Bonchev–Trinajstić information content (AvgIpc) is 2.84. The second-order valence-electron chi connectivity index (χ2n) is 8.40. The quantitative estimate of drug-likeness (QED) is 0.598. The van der Waals surface area contributed by atoms with Gasteiger partial charge in [0.2, 0.25) is 5.91 Å². The van der Waals surface area contributed by atoms with Crippen molar-refractivity contribution in [1.82, 2.24) is 14.8 Å². The van der Waals surface area contributed by atoms with E-state index in [-0.39, 0.29) is 55.0 Å². The number of hydrogen-bond acceptors (Lipinski definition) is 4. The molecule has 11 heteroatoms. The summed E-state index contributed by atoms with van der Waals surface area (Å²) in [5, 5.41) is 0.252. The van der Waals surface area contributed by atoms with Crippen LogP contribution in [0.25, 0.3) is 0 Å². The highest BCUT2D eigenvalue weighted by Gasteiger charge is 2.38. The van der Waals surface area contributed by atoms with Crippen molar-refractivity contribution < 1.29 is 27.2 Å². The normalized spacial score (nSPS) is 19.3. The van der Waals surface area contributed by atoms with E-state index in [1.54, 1.807) is 4.90 Å². The number of piperazine rings is 1. The highest BCUT2D eigenvalue weighted by molar-refractivity contribution is 6.31. The molecule has 4 rings (SSSR count). The zero-order valence-corrected chi connectivity index (χ0v) is 18.9. The Balaban J connectivity index is 1.39. The lowest BCUT2D eigenvalue weighted by atomic mass is 9.95. The summed E-state index contributed by atoms with van der Waals surface area (Å²) in [6.07, 6.45) is -2.09. The minimum Gasteiger partial charge on any atom is -0.355 e. The van der Waals surface area contributed by atoms with Crippen molar-refractivity contribution in [3.8, 4) is 0 Å². The van der Waals surface area contributed by atoms with Gasteiger partial charge in [0.15, 0.2) is 0 Å². The van der Waals surface area contributed by atoms with E-state index in [1.165, 1.54) is 34.2 Å². The van der Waals surface area contributed by atoms with E-state index in [0.717, 1.165) is 12.1 Å². The van der Waals surface area contributed by atoms with E-state index < -0.39 is 29.4 Å². The van der Waals surface area contributed by atoms with E-state index in [1.807, 2.05) is 0 Å². The van der Waals surface area contributed by atoms with Crippen LogP contribution < -0.4 is 4.90 Å². The molecule has 1 atom stereocenters. The van der Waals surface area contributed by atoms with E-state index in [4.69, 9.17) is 11.6 Å². The van der Waals surface area contributed by atoms with Crippen LogP contribution in [0.2, 0.25) is 5.02 Å². The molecule has 0 N–H and O–H groups in total. The van der Waals surface area contributed by atoms with Gasteiger partial charge >= 0.3 is 6.18 Å². The van der Waals surface area contributed by atoms with Crippen LogP contribution in [0.15, 0.2) is 36.5 Å². The number of nitrogens with zero attached hydrogens (tertiary/aromatic N) is 4. The first-order chi connectivity index (χ1) is 16.1. The third-order valence-corrected chi connectivity index (χ3v) is 6.43. The number of pyridine rings is 1. The lowest BCUT2D eigenvalue weighted by Crippen LogP contribution is -2.54. The minimum atomic E-state index is -4.54. The fraction of sp³-hybridized carbons (Fsp3) is 0.435. The van der Waals surface area contributed by atoms with E-state index in [9.17, 15) is 27.2 Å². The van der Waals surface area contributed by atoms with Crippen molar-refractivity contribution in [3.05, 3.63) is 58.5 Å². The number of amides is 2. The van der Waals surface area contributed by atoms with Crippen LogP contribution in [-0.4, -0.2) is 65.9 Å². The van der Waals surface area contributed by atoms with Crippen LogP contribution in [0, 0.1) is 11.7 Å². The molecular formula is C23H23ClF4N4O2. The Labute approximate surface area is 199 Å². The summed E-state index contributed by atoms with van der Waals surface area (Å²) < 4.78 is 54.3. The Morgan fingerprint density at radius 1 is 1.03 bits per heavy atom. The van der Waals surface area contributed by atoms with Crippen LogP contribution in [-0.2, 0) is 11.0 Å².